The first-order valence-corrected chi connectivity index (χ1v) is 5.62. The fourth-order valence-electron chi connectivity index (χ4n) is 2.06. The molecule has 0 bridgehead atoms. The van der Waals surface area contributed by atoms with E-state index in [1.54, 1.807) is 10.7 Å². The lowest BCUT2D eigenvalue weighted by Gasteiger charge is -2.02. The van der Waals surface area contributed by atoms with Gasteiger partial charge in [-0.3, -0.25) is 4.68 Å². The maximum Gasteiger partial charge on any atom is 0.352 e. The summed E-state index contributed by atoms with van der Waals surface area (Å²) in [7, 11) is 0. The molecule has 0 fully saturated rings. The smallest absolute Gasteiger partial charge is 0.352 e. The molecule has 3 N–H and O–H groups in total. The van der Waals surface area contributed by atoms with E-state index in [-0.39, 0.29) is 12.3 Å². The highest BCUT2D eigenvalue weighted by molar-refractivity contribution is 5.87. The number of aliphatic hydroxyl groups is 1. The molecule has 96 valence electrons. The van der Waals surface area contributed by atoms with Gasteiger partial charge in [0.1, 0.15) is 5.69 Å². The molecular formula is C12H15N3O3. The molecule has 0 saturated carbocycles. The summed E-state index contributed by atoms with van der Waals surface area (Å²) in [5, 5.41) is 22.2. The number of aryl methyl sites for hydroxylation is 1. The number of rotatable bonds is 4. The lowest BCUT2D eigenvalue weighted by Crippen LogP contribution is -2.05. The third kappa shape index (κ3) is 2.02. The number of hydrogen-bond acceptors (Lipinski definition) is 3. The highest BCUT2D eigenvalue weighted by atomic mass is 16.4. The highest BCUT2D eigenvalue weighted by Gasteiger charge is 2.15. The van der Waals surface area contributed by atoms with Gasteiger partial charge in [0.15, 0.2) is 0 Å². The van der Waals surface area contributed by atoms with Gasteiger partial charge in [0.25, 0.3) is 0 Å². The minimum atomic E-state index is -0.987. The predicted octanol–water partition coefficient (Wildman–Crippen LogP) is 1.19. The summed E-state index contributed by atoms with van der Waals surface area (Å²) < 4.78 is 1.71. The zero-order valence-corrected chi connectivity index (χ0v) is 10.3. The maximum atomic E-state index is 10.8. The zero-order valence-electron chi connectivity index (χ0n) is 10.3. The number of aromatic carboxylic acids is 1. The van der Waals surface area contributed by atoms with E-state index in [1.165, 1.54) is 6.07 Å². The standard InChI is InChI=1S/C12H15N3O3/c1-7-11(8(2)15(14-7)5-6-16)9-3-4-10(13-9)12(17)18/h3-4,13,16H,5-6H2,1-2H3,(H,17,18). The predicted molar refractivity (Wildman–Crippen MR) is 65.5 cm³/mol. The second-order valence-electron chi connectivity index (χ2n) is 4.08. The summed E-state index contributed by atoms with van der Waals surface area (Å²) >= 11 is 0. The van der Waals surface area contributed by atoms with E-state index < -0.39 is 5.97 Å². The first-order valence-electron chi connectivity index (χ1n) is 5.62. The molecule has 18 heavy (non-hydrogen) atoms. The Bertz CT molecular complexity index is 583. The molecule has 0 saturated heterocycles. The number of carbonyl (C=O) groups is 1. The average molecular weight is 249 g/mol. The van der Waals surface area contributed by atoms with Gasteiger partial charge in [0.2, 0.25) is 0 Å². The van der Waals surface area contributed by atoms with Crippen LogP contribution in [0, 0.1) is 13.8 Å². The molecule has 0 amide bonds. The van der Waals surface area contributed by atoms with Crippen LogP contribution in [0.3, 0.4) is 0 Å². The molecule has 0 radical (unpaired) electrons. The lowest BCUT2D eigenvalue weighted by atomic mass is 10.1. The Hall–Kier alpha value is -2.08. The molecule has 0 aliphatic heterocycles. The number of nitrogens with one attached hydrogen (secondary N) is 1. The largest absolute Gasteiger partial charge is 0.477 e. The normalized spacial score (nSPS) is 10.8. The lowest BCUT2D eigenvalue weighted by molar-refractivity contribution is 0.0691. The molecule has 0 atom stereocenters. The third-order valence-corrected chi connectivity index (χ3v) is 2.88. The van der Waals surface area contributed by atoms with E-state index in [0.717, 1.165) is 22.6 Å². The molecule has 0 aromatic carbocycles. The van der Waals surface area contributed by atoms with Crippen molar-refractivity contribution in [2.75, 3.05) is 6.61 Å². The van der Waals surface area contributed by atoms with Crippen molar-refractivity contribution in [1.82, 2.24) is 14.8 Å². The highest BCUT2D eigenvalue weighted by Crippen LogP contribution is 2.26. The number of carboxylic acids is 1. The molecule has 0 aliphatic rings. The van der Waals surface area contributed by atoms with Gasteiger partial charge in [0.05, 0.1) is 18.8 Å². The molecule has 2 rings (SSSR count). The van der Waals surface area contributed by atoms with E-state index in [2.05, 4.69) is 10.1 Å². The van der Waals surface area contributed by atoms with Crippen molar-refractivity contribution in [1.29, 1.82) is 0 Å². The van der Waals surface area contributed by atoms with Crippen molar-refractivity contribution < 1.29 is 15.0 Å². The van der Waals surface area contributed by atoms with Crippen molar-refractivity contribution in [3.05, 3.63) is 29.2 Å². The van der Waals surface area contributed by atoms with Crippen LogP contribution in [-0.4, -0.2) is 37.6 Å². The number of carboxylic acid groups (broad SMARTS) is 1. The van der Waals surface area contributed by atoms with Crippen molar-refractivity contribution >= 4 is 5.97 Å². The first kappa shape index (κ1) is 12.4. The number of aliphatic hydroxyl groups excluding tert-OH is 1. The van der Waals surface area contributed by atoms with Crippen molar-refractivity contribution in [2.45, 2.75) is 20.4 Å². The van der Waals surface area contributed by atoms with Gasteiger partial charge in [0, 0.05) is 17.0 Å². The average Bonchev–Trinajstić information content (AvgIpc) is 2.86. The van der Waals surface area contributed by atoms with Gasteiger partial charge in [-0.1, -0.05) is 0 Å². The second kappa shape index (κ2) is 4.66. The summed E-state index contributed by atoms with van der Waals surface area (Å²) in [4.78, 5) is 13.7. The fraction of sp³-hybridized carbons (Fsp3) is 0.333. The second-order valence-corrected chi connectivity index (χ2v) is 4.08. The summed E-state index contributed by atoms with van der Waals surface area (Å²) in [6, 6.07) is 3.25. The third-order valence-electron chi connectivity index (χ3n) is 2.88. The number of aromatic amines is 1. The van der Waals surface area contributed by atoms with E-state index >= 15 is 0 Å². The van der Waals surface area contributed by atoms with Crippen LogP contribution in [0.1, 0.15) is 21.9 Å². The Balaban J connectivity index is 2.46. The molecule has 6 nitrogen and oxygen atoms in total. The quantitative estimate of drug-likeness (QED) is 0.759. The summed E-state index contributed by atoms with van der Waals surface area (Å²) in [5.74, 6) is -0.987. The van der Waals surface area contributed by atoms with E-state index in [4.69, 9.17) is 10.2 Å². The first-order chi connectivity index (χ1) is 8.54. The van der Waals surface area contributed by atoms with Gasteiger partial charge in [-0.2, -0.15) is 5.10 Å². The Kier molecular flexibility index (Phi) is 3.20. The monoisotopic (exact) mass is 249 g/mol. The van der Waals surface area contributed by atoms with Crippen LogP contribution < -0.4 is 0 Å². The molecule has 2 aromatic heterocycles. The van der Waals surface area contributed by atoms with Gasteiger partial charge >= 0.3 is 5.97 Å². The van der Waals surface area contributed by atoms with Crippen LogP contribution in [-0.2, 0) is 6.54 Å². The van der Waals surface area contributed by atoms with E-state index in [1.807, 2.05) is 13.8 Å². The van der Waals surface area contributed by atoms with E-state index in [0.29, 0.717) is 6.54 Å². The minimum absolute atomic E-state index is 0.0203. The summed E-state index contributed by atoms with van der Waals surface area (Å²) in [6.07, 6.45) is 0. The fourth-order valence-corrected chi connectivity index (χ4v) is 2.06. The van der Waals surface area contributed by atoms with Crippen LogP contribution in [0.4, 0.5) is 0 Å². The van der Waals surface area contributed by atoms with Crippen LogP contribution in [0.5, 0.6) is 0 Å². The van der Waals surface area contributed by atoms with Gasteiger partial charge < -0.3 is 15.2 Å². The molecule has 2 heterocycles. The Morgan fingerprint density at radius 3 is 2.72 bits per heavy atom. The number of hydrogen-bond donors (Lipinski definition) is 3. The van der Waals surface area contributed by atoms with Gasteiger partial charge in [-0.05, 0) is 26.0 Å². The molecule has 0 aliphatic carbocycles. The van der Waals surface area contributed by atoms with Crippen LogP contribution in [0.25, 0.3) is 11.3 Å². The van der Waals surface area contributed by atoms with Crippen molar-refractivity contribution in [3.63, 3.8) is 0 Å². The zero-order chi connectivity index (χ0) is 13.3. The number of aromatic nitrogens is 3. The summed E-state index contributed by atoms with van der Waals surface area (Å²) in [6.45, 7) is 4.20. The topological polar surface area (TPSA) is 91.1 Å². The minimum Gasteiger partial charge on any atom is -0.477 e. The molecule has 0 spiro atoms. The Labute approximate surface area is 104 Å². The van der Waals surface area contributed by atoms with Crippen LogP contribution in [0.15, 0.2) is 12.1 Å². The number of nitrogens with zero attached hydrogens (tertiary/aromatic N) is 2. The van der Waals surface area contributed by atoms with Crippen molar-refractivity contribution in [3.8, 4) is 11.3 Å². The van der Waals surface area contributed by atoms with E-state index in [9.17, 15) is 4.79 Å². The molecule has 0 unspecified atom stereocenters. The molecule has 2 aromatic rings. The van der Waals surface area contributed by atoms with Crippen LogP contribution >= 0.6 is 0 Å². The maximum absolute atomic E-state index is 10.8. The van der Waals surface area contributed by atoms with Gasteiger partial charge in [-0.25, -0.2) is 4.79 Å². The van der Waals surface area contributed by atoms with Gasteiger partial charge in [-0.15, -0.1) is 0 Å². The SMILES string of the molecule is Cc1nn(CCO)c(C)c1-c1ccc(C(=O)O)[nH]1. The van der Waals surface area contributed by atoms with Crippen molar-refractivity contribution in [2.24, 2.45) is 0 Å². The number of H-pyrrole nitrogens is 1. The molecular weight excluding hydrogens is 234 g/mol. The Morgan fingerprint density at radius 2 is 2.17 bits per heavy atom. The summed E-state index contributed by atoms with van der Waals surface area (Å²) in [5.41, 5.74) is 3.47. The van der Waals surface area contributed by atoms with Crippen LogP contribution in [0.2, 0.25) is 0 Å². The molecule has 6 heteroatoms. The Morgan fingerprint density at radius 1 is 1.44 bits per heavy atom.